The molecule has 0 aliphatic heterocycles. The molecule has 5 nitrogen and oxygen atoms in total. The van der Waals surface area contributed by atoms with E-state index in [1.165, 1.54) is 19.2 Å². The molecule has 1 fully saturated rings. The standard InChI is InChI=1S/C11H18N4O/c1-3-15(6-8-4-5-8)10-9(12)11(16-2)14-7-13-10/h7-8H,3-6,12H2,1-2H3. The van der Waals surface area contributed by atoms with Crippen LogP contribution in [0.4, 0.5) is 11.5 Å². The van der Waals surface area contributed by atoms with Crippen LogP contribution in [0.3, 0.4) is 0 Å². The smallest absolute Gasteiger partial charge is 0.242 e. The molecule has 0 radical (unpaired) electrons. The third-order valence-corrected chi connectivity index (χ3v) is 2.88. The second kappa shape index (κ2) is 4.55. The van der Waals surface area contributed by atoms with E-state index in [1.807, 2.05) is 0 Å². The van der Waals surface area contributed by atoms with Crippen LogP contribution in [0, 0.1) is 5.92 Å². The predicted octanol–water partition coefficient (Wildman–Crippen LogP) is 1.30. The van der Waals surface area contributed by atoms with Crippen molar-refractivity contribution >= 4 is 11.5 Å². The highest BCUT2D eigenvalue weighted by molar-refractivity contribution is 5.67. The van der Waals surface area contributed by atoms with Gasteiger partial charge in [-0.15, -0.1) is 0 Å². The molecule has 16 heavy (non-hydrogen) atoms. The summed E-state index contributed by atoms with van der Waals surface area (Å²) in [6.45, 7) is 4.04. The van der Waals surface area contributed by atoms with Gasteiger partial charge in [0.15, 0.2) is 5.82 Å². The van der Waals surface area contributed by atoms with Crippen molar-refractivity contribution in [2.75, 3.05) is 30.8 Å². The molecule has 1 aliphatic rings. The first kappa shape index (κ1) is 11.0. The van der Waals surface area contributed by atoms with Gasteiger partial charge in [-0.05, 0) is 25.7 Å². The summed E-state index contributed by atoms with van der Waals surface area (Å²) in [5.41, 5.74) is 6.51. The Morgan fingerprint density at radius 2 is 2.25 bits per heavy atom. The Morgan fingerprint density at radius 3 is 2.81 bits per heavy atom. The summed E-state index contributed by atoms with van der Waals surface area (Å²) >= 11 is 0. The summed E-state index contributed by atoms with van der Waals surface area (Å²) in [5, 5.41) is 0. The minimum atomic E-state index is 0.458. The van der Waals surface area contributed by atoms with Crippen LogP contribution in [0.25, 0.3) is 0 Å². The molecule has 0 unspecified atom stereocenters. The SMILES string of the molecule is CCN(CC1CC1)c1ncnc(OC)c1N. The number of rotatable bonds is 5. The number of nitrogens with zero attached hydrogens (tertiary/aromatic N) is 3. The highest BCUT2D eigenvalue weighted by atomic mass is 16.5. The molecule has 0 amide bonds. The fourth-order valence-corrected chi connectivity index (χ4v) is 1.76. The fourth-order valence-electron chi connectivity index (χ4n) is 1.76. The number of hydrogen-bond acceptors (Lipinski definition) is 5. The molecule has 0 atom stereocenters. The number of ether oxygens (including phenoxy) is 1. The van der Waals surface area contributed by atoms with Gasteiger partial charge < -0.3 is 15.4 Å². The highest BCUT2D eigenvalue weighted by Crippen LogP contribution is 2.33. The van der Waals surface area contributed by atoms with E-state index >= 15 is 0 Å². The molecule has 1 aromatic heterocycles. The topological polar surface area (TPSA) is 64.3 Å². The van der Waals surface area contributed by atoms with Crippen LogP contribution in [0.1, 0.15) is 19.8 Å². The molecule has 1 aliphatic carbocycles. The maximum Gasteiger partial charge on any atom is 0.242 e. The van der Waals surface area contributed by atoms with Gasteiger partial charge >= 0.3 is 0 Å². The van der Waals surface area contributed by atoms with Crippen LogP contribution >= 0.6 is 0 Å². The number of hydrogen-bond donors (Lipinski definition) is 1. The average Bonchev–Trinajstić information content (AvgIpc) is 3.10. The molecule has 5 heteroatoms. The van der Waals surface area contributed by atoms with Crippen LogP contribution < -0.4 is 15.4 Å². The van der Waals surface area contributed by atoms with Crippen molar-refractivity contribution in [1.29, 1.82) is 0 Å². The van der Waals surface area contributed by atoms with Crippen molar-refractivity contribution in [2.45, 2.75) is 19.8 Å². The van der Waals surface area contributed by atoms with Gasteiger partial charge in [0.1, 0.15) is 12.0 Å². The van der Waals surface area contributed by atoms with Crippen LogP contribution in [0.5, 0.6) is 5.88 Å². The van der Waals surface area contributed by atoms with Gasteiger partial charge in [0.05, 0.1) is 7.11 Å². The van der Waals surface area contributed by atoms with Crippen molar-refractivity contribution in [2.24, 2.45) is 5.92 Å². The lowest BCUT2D eigenvalue weighted by Gasteiger charge is -2.23. The number of methoxy groups -OCH3 is 1. The van der Waals surface area contributed by atoms with E-state index in [0.29, 0.717) is 11.6 Å². The zero-order valence-electron chi connectivity index (χ0n) is 9.81. The molecule has 1 aromatic rings. The molecule has 0 spiro atoms. The predicted molar refractivity (Wildman–Crippen MR) is 63.6 cm³/mol. The molecule has 1 saturated carbocycles. The average molecular weight is 222 g/mol. The molecule has 0 saturated heterocycles. The highest BCUT2D eigenvalue weighted by Gasteiger charge is 2.25. The molecular weight excluding hydrogens is 204 g/mol. The first-order valence-corrected chi connectivity index (χ1v) is 5.65. The normalized spacial score (nSPS) is 14.9. The van der Waals surface area contributed by atoms with E-state index in [-0.39, 0.29) is 0 Å². The first-order chi connectivity index (χ1) is 7.76. The third kappa shape index (κ3) is 2.18. The largest absolute Gasteiger partial charge is 0.479 e. The van der Waals surface area contributed by atoms with Gasteiger partial charge in [-0.25, -0.2) is 4.98 Å². The maximum atomic E-state index is 5.97. The van der Waals surface area contributed by atoms with Crippen LogP contribution in [-0.2, 0) is 0 Å². The Balaban J connectivity index is 2.21. The van der Waals surface area contributed by atoms with E-state index < -0.39 is 0 Å². The summed E-state index contributed by atoms with van der Waals surface area (Å²) in [7, 11) is 1.57. The van der Waals surface area contributed by atoms with Gasteiger partial charge in [0, 0.05) is 13.1 Å². The quantitative estimate of drug-likeness (QED) is 0.813. The van der Waals surface area contributed by atoms with Gasteiger partial charge in [-0.2, -0.15) is 4.98 Å². The third-order valence-electron chi connectivity index (χ3n) is 2.88. The number of anilines is 2. The molecule has 88 valence electrons. The molecule has 2 N–H and O–H groups in total. The Hall–Kier alpha value is -1.52. The minimum Gasteiger partial charge on any atom is -0.479 e. The summed E-state index contributed by atoms with van der Waals surface area (Å²) in [4.78, 5) is 10.4. The number of nitrogen functional groups attached to an aromatic ring is 1. The van der Waals surface area contributed by atoms with Gasteiger partial charge in [0.2, 0.25) is 5.88 Å². The number of nitrogens with two attached hydrogens (primary N) is 1. The summed E-state index contributed by atoms with van der Waals surface area (Å²) in [6, 6.07) is 0. The molecule has 1 heterocycles. The lowest BCUT2D eigenvalue weighted by molar-refractivity contribution is 0.399. The zero-order valence-corrected chi connectivity index (χ0v) is 9.81. The van der Waals surface area contributed by atoms with E-state index in [9.17, 15) is 0 Å². The summed E-state index contributed by atoms with van der Waals surface area (Å²) in [5.74, 6) is 2.06. The van der Waals surface area contributed by atoms with Crippen molar-refractivity contribution in [1.82, 2.24) is 9.97 Å². The maximum absolute atomic E-state index is 5.97. The zero-order chi connectivity index (χ0) is 11.5. The van der Waals surface area contributed by atoms with Crippen molar-refractivity contribution in [3.63, 3.8) is 0 Å². The second-order valence-corrected chi connectivity index (χ2v) is 4.10. The molecular formula is C11H18N4O. The lowest BCUT2D eigenvalue weighted by atomic mass is 10.3. The monoisotopic (exact) mass is 222 g/mol. The van der Waals surface area contributed by atoms with Crippen LogP contribution in [0.2, 0.25) is 0 Å². The lowest BCUT2D eigenvalue weighted by Crippen LogP contribution is -2.27. The van der Waals surface area contributed by atoms with E-state index in [2.05, 4.69) is 21.8 Å². The van der Waals surface area contributed by atoms with Gasteiger partial charge in [-0.3, -0.25) is 0 Å². The van der Waals surface area contributed by atoms with Crippen molar-refractivity contribution < 1.29 is 4.74 Å². The number of aromatic nitrogens is 2. The molecule has 0 bridgehead atoms. The van der Waals surface area contributed by atoms with Crippen molar-refractivity contribution in [3.8, 4) is 5.88 Å². The minimum absolute atomic E-state index is 0.458. The van der Waals surface area contributed by atoms with Crippen LogP contribution in [0.15, 0.2) is 6.33 Å². The fraction of sp³-hybridized carbons (Fsp3) is 0.636. The summed E-state index contributed by atoms with van der Waals surface area (Å²) < 4.78 is 5.10. The van der Waals surface area contributed by atoms with Crippen LogP contribution in [-0.4, -0.2) is 30.2 Å². The van der Waals surface area contributed by atoms with Gasteiger partial charge in [0.25, 0.3) is 0 Å². The Labute approximate surface area is 95.6 Å². The first-order valence-electron chi connectivity index (χ1n) is 5.65. The summed E-state index contributed by atoms with van der Waals surface area (Å²) in [6.07, 6.45) is 4.14. The van der Waals surface area contributed by atoms with E-state index in [4.69, 9.17) is 10.5 Å². The van der Waals surface area contributed by atoms with E-state index in [1.54, 1.807) is 7.11 Å². The molecule has 0 aromatic carbocycles. The molecule has 2 rings (SSSR count). The Kier molecular flexibility index (Phi) is 3.12. The van der Waals surface area contributed by atoms with Crippen molar-refractivity contribution in [3.05, 3.63) is 6.33 Å². The van der Waals surface area contributed by atoms with E-state index in [0.717, 1.165) is 24.8 Å². The Morgan fingerprint density at radius 1 is 1.50 bits per heavy atom. The second-order valence-electron chi connectivity index (χ2n) is 4.10. The van der Waals surface area contributed by atoms with Gasteiger partial charge in [-0.1, -0.05) is 0 Å². The Bertz CT molecular complexity index is 365.